The fourth-order valence-corrected chi connectivity index (χ4v) is 2.24. The average molecular weight is 262 g/mol. The minimum Gasteiger partial charge on any atom is -0.384 e. The summed E-state index contributed by atoms with van der Waals surface area (Å²) in [6.45, 7) is 2.72. The highest BCUT2D eigenvalue weighted by molar-refractivity contribution is 7.14. The first kappa shape index (κ1) is 14.2. The Kier molecular flexibility index (Phi) is 5.93. The maximum Gasteiger partial charge on any atom is 0.263 e. The molecular weight excluding hydrogens is 248 g/mol. The normalized spacial score (nSPS) is 9.17. The van der Waals surface area contributed by atoms with E-state index in [0.717, 1.165) is 4.88 Å². The van der Waals surface area contributed by atoms with E-state index in [2.05, 4.69) is 11.8 Å². The van der Waals surface area contributed by atoms with E-state index in [1.54, 1.807) is 17.0 Å². The first-order valence-electron chi connectivity index (χ1n) is 5.58. The highest BCUT2D eigenvalue weighted by Gasteiger charge is 2.15. The fraction of sp³-hybridized carbons (Fsp3) is 0.385. The number of nitriles is 1. The monoisotopic (exact) mass is 262 g/mol. The lowest BCUT2D eigenvalue weighted by Crippen LogP contribution is -2.31. The number of carbonyl (C=O) groups is 1. The van der Waals surface area contributed by atoms with Crippen molar-refractivity contribution < 1.29 is 9.90 Å². The molecule has 18 heavy (non-hydrogen) atoms. The van der Waals surface area contributed by atoms with Gasteiger partial charge >= 0.3 is 0 Å². The van der Waals surface area contributed by atoms with E-state index < -0.39 is 0 Å². The standard InChI is InChI=1S/C13H14N2O2S/c1-2-15(9-4-8-14)13(17)12-7-6-11(18-12)5-3-10-16/h6-7,16H,2,4,9-10H2,1H3. The summed E-state index contributed by atoms with van der Waals surface area (Å²) in [4.78, 5) is 15.1. The zero-order valence-electron chi connectivity index (χ0n) is 10.1. The zero-order chi connectivity index (χ0) is 13.4. The van der Waals surface area contributed by atoms with E-state index in [0.29, 0.717) is 24.4 Å². The molecular formula is C13H14N2O2S. The van der Waals surface area contributed by atoms with Crippen molar-refractivity contribution in [2.24, 2.45) is 0 Å². The van der Waals surface area contributed by atoms with Gasteiger partial charge in [0, 0.05) is 13.1 Å². The molecule has 0 unspecified atom stereocenters. The molecule has 94 valence electrons. The smallest absolute Gasteiger partial charge is 0.263 e. The van der Waals surface area contributed by atoms with Gasteiger partial charge in [-0.2, -0.15) is 5.26 Å². The predicted octanol–water partition coefficient (Wildman–Crippen LogP) is 1.47. The van der Waals surface area contributed by atoms with Gasteiger partial charge in [-0.15, -0.1) is 11.3 Å². The summed E-state index contributed by atoms with van der Waals surface area (Å²) in [7, 11) is 0. The topological polar surface area (TPSA) is 64.3 Å². The zero-order valence-corrected chi connectivity index (χ0v) is 11.0. The van der Waals surface area contributed by atoms with Crippen LogP contribution in [0.4, 0.5) is 0 Å². The van der Waals surface area contributed by atoms with Crippen molar-refractivity contribution in [3.63, 3.8) is 0 Å². The van der Waals surface area contributed by atoms with Gasteiger partial charge in [-0.25, -0.2) is 0 Å². The minimum absolute atomic E-state index is 0.0743. The van der Waals surface area contributed by atoms with Crippen LogP contribution < -0.4 is 0 Å². The molecule has 1 N–H and O–H groups in total. The molecule has 0 bridgehead atoms. The molecule has 1 aromatic heterocycles. The Hall–Kier alpha value is -1.82. The maximum atomic E-state index is 12.1. The van der Waals surface area contributed by atoms with E-state index in [-0.39, 0.29) is 12.5 Å². The molecule has 0 atom stereocenters. The van der Waals surface area contributed by atoms with E-state index >= 15 is 0 Å². The van der Waals surface area contributed by atoms with Crippen molar-refractivity contribution >= 4 is 17.2 Å². The number of nitrogens with zero attached hydrogens (tertiary/aromatic N) is 2. The number of hydrogen-bond donors (Lipinski definition) is 1. The second-order valence-corrected chi connectivity index (χ2v) is 4.50. The molecule has 1 aromatic rings. The molecule has 1 rings (SSSR count). The molecule has 0 aliphatic heterocycles. The van der Waals surface area contributed by atoms with Gasteiger partial charge in [0.1, 0.15) is 6.61 Å². The van der Waals surface area contributed by atoms with Gasteiger partial charge in [-0.1, -0.05) is 11.8 Å². The summed E-state index contributed by atoms with van der Waals surface area (Å²) in [5.41, 5.74) is 0. The molecule has 0 saturated heterocycles. The largest absolute Gasteiger partial charge is 0.384 e. The molecule has 4 nitrogen and oxygen atoms in total. The third-order valence-corrected chi connectivity index (χ3v) is 3.26. The highest BCUT2D eigenvalue weighted by Crippen LogP contribution is 2.17. The van der Waals surface area contributed by atoms with Crippen molar-refractivity contribution in [1.29, 1.82) is 5.26 Å². The molecule has 1 heterocycles. The van der Waals surface area contributed by atoms with E-state index in [9.17, 15) is 4.79 Å². The Balaban J connectivity index is 2.76. The van der Waals surface area contributed by atoms with Crippen molar-refractivity contribution in [3.8, 4) is 17.9 Å². The number of amides is 1. The number of rotatable bonds is 4. The Morgan fingerprint density at radius 1 is 1.56 bits per heavy atom. The van der Waals surface area contributed by atoms with Crippen LogP contribution in [-0.2, 0) is 0 Å². The fourth-order valence-electron chi connectivity index (χ4n) is 1.39. The first-order chi connectivity index (χ1) is 8.72. The minimum atomic E-state index is -0.190. The molecule has 0 fully saturated rings. The number of aliphatic hydroxyl groups is 1. The second kappa shape index (κ2) is 7.50. The van der Waals surface area contributed by atoms with Gasteiger partial charge in [-0.05, 0) is 19.1 Å². The summed E-state index contributed by atoms with van der Waals surface area (Å²) in [6, 6.07) is 5.52. The molecule has 1 amide bonds. The molecule has 0 aliphatic carbocycles. The average Bonchev–Trinajstić information content (AvgIpc) is 2.85. The summed E-state index contributed by atoms with van der Waals surface area (Å²) >= 11 is 1.30. The van der Waals surface area contributed by atoms with Crippen LogP contribution in [0.5, 0.6) is 0 Å². The van der Waals surface area contributed by atoms with Crippen LogP contribution >= 0.6 is 11.3 Å². The van der Waals surface area contributed by atoms with Crippen molar-refractivity contribution in [2.45, 2.75) is 13.3 Å². The molecule has 0 radical (unpaired) electrons. The van der Waals surface area contributed by atoms with Gasteiger partial charge in [0.2, 0.25) is 0 Å². The van der Waals surface area contributed by atoms with Gasteiger partial charge in [0.05, 0.1) is 22.2 Å². The molecule has 0 aromatic carbocycles. The Morgan fingerprint density at radius 3 is 2.94 bits per heavy atom. The first-order valence-corrected chi connectivity index (χ1v) is 6.40. The van der Waals surface area contributed by atoms with Gasteiger partial charge < -0.3 is 10.0 Å². The van der Waals surface area contributed by atoms with Gasteiger partial charge in [0.25, 0.3) is 5.91 Å². The SMILES string of the molecule is CCN(CCC#N)C(=O)c1ccc(C#CCO)s1. The summed E-state index contributed by atoms with van der Waals surface area (Å²) in [5.74, 6) is 5.23. The predicted molar refractivity (Wildman–Crippen MR) is 70.1 cm³/mol. The second-order valence-electron chi connectivity index (χ2n) is 3.42. The van der Waals surface area contributed by atoms with E-state index in [1.165, 1.54) is 11.3 Å². The summed E-state index contributed by atoms with van der Waals surface area (Å²) in [6.07, 6.45) is 0.335. The van der Waals surface area contributed by atoms with Crippen LogP contribution in [-0.4, -0.2) is 35.6 Å². The number of hydrogen-bond acceptors (Lipinski definition) is 4. The molecule has 0 aliphatic rings. The van der Waals surface area contributed by atoms with Crippen molar-refractivity contribution in [2.75, 3.05) is 19.7 Å². The maximum absolute atomic E-state index is 12.1. The van der Waals surface area contributed by atoms with Crippen molar-refractivity contribution in [3.05, 3.63) is 21.9 Å². The molecule has 0 spiro atoms. The van der Waals surface area contributed by atoms with E-state index in [1.807, 2.05) is 13.0 Å². The third-order valence-electron chi connectivity index (χ3n) is 2.27. The third kappa shape index (κ3) is 3.89. The van der Waals surface area contributed by atoms with Crippen LogP contribution in [0.25, 0.3) is 0 Å². The number of carbonyl (C=O) groups excluding carboxylic acids is 1. The number of aliphatic hydroxyl groups excluding tert-OH is 1. The lowest BCUT2D eigenvalue weighted by atomic mass is 10.3. The lowest BCUT2D eigenvalue weighted by Gasteiger charge is -2.18. The van der Waals surface area contributed by atoms with Gasteiger partial charge in [-0.3, -0.25) is 4.79 Å². The highest BCUT2D eigenvalue weighted by atomic mass is 32.1. The Labute approximate surface area is 110 Å². The summed E-state index contributed by atoms with van der Waals surface area (Å²) in [5, 5.41) is 17.1. The van der Waals surface area contributed by atoms with Gasteiger partial charge in [0.15, 0.2) is 0 Å². The van der Waals surface area contributed by atoms with E-state index in [4.69, 9.17) is 10.4 Å². The van der Waals surface area contributed by atoms with Crippen LogP contribution in [0.15, 0.2) is 12.1 Å². The summed E-state index contributed by atoms with van der Waals surface area (Å²) < 4.78 is 0. The lowest BCUT2D eigenvalue weighted by molar-refractivity contribution is 0.0772. The Morgan fingerprint density at radius 2 is 2.33 bits per heavy atom. The number of thiophene rings is 1. The van der Waals surface area contributed by atoms with Crippen molar-refractivity contribution in [1.82, 2.24) is 4.90 Å². The van der Waals surface area contributed by atoms with Crippen LogP contribution in [0.3, 0.4) is 0 Å². The van der Waals surface area contributed by atoms with Crippen LogP contribution in [0.2, 0.25) is 0 Å². The quantitative estimate of drug-likeness (QED) is 0.836. The molecule has 0 saturated carbocycles. The molecule has 5 heteroatoms. The van der Waals surface area contributed by atoms with Crippen LogP contribution in [0.1, 0.15) is 27.9 Å². The Bertz CT molecular complexity index is 505. The van der Waals surface area contributed by atoms with Crippen LogP contribution in [0, 0.1) is 23.2 Å².